The molecule has 0 bridgehead atoms. The number of likely N-dealkylation sites (N-methyl/N-ethyl adjacent to an activating group) is 1. The van der Waals surface area contributed by atoms with Crippen molar-refractivity contribution in [2.75, 3.05) is 20.6 Å². The van der Waals surface area contributed by atoms with Crippen molar-refractivity contribution in [2.24, 2.45) is 0 Å². The fraction of sp³-hybridized carbons (Fsp3) is 0.227. The van der Waals surface area contributed by atoms with Crippen LogP contribution in [-0.2, 0) is 11.2 Å². The Kier molecular flexibility index (Phi) is 4.69. The minimum Gasteiger partial charge on any atom is -0.468 e. The van der Waals surface area contributed by atoms with Gasteiger partial charge in [0.15, 0.2) is 0 Å². The number of benzene rings is 2. The molecule has 5 heteroatoms. The zero-order valence-corrected chi connectivity index (χ0v) is 15.4. The molecule has 1 atom stereocenters. The topological polar surface area (TPSA) is 58.6 Å². The molecule has 5 nitrogen and oxygen atoms in total. The summed E-state index contributed by atoms with van der Waals surface area (Å²) in [5.41, 5.74) is 1.71. The fourth-order valence-corrected chi connectivity index (χ4v) is 3.47. The Morgan fingerprint density at radius 3 is 2.70 bits per heavy atom. The Balaban J connectivity index is 1.52. The van der Waals surface area contributed by atoms with E-state index in [1.807, 2.05) is 55.4 Å². The van der Waals surface area contributed by atoms with Gasteiger partial charge in [-0.1, -0.05) is 30.3 Å². The van der Waals surface area contributed by atoms with Gasteiger partial charge in [0.1, 0.15) is 11.3 Å². The van der Waals surface area contributed by atoms with Crippen LogP contribution < -0.4 is 5.32 Å². The number of nitrogens with one attached hydrogen (secondary N) is 1. The predicted octanol–water partition coefficient (Wildman–Crippen LogP) is 4.14. The quantitative estimate of drug-likeness (QED) is 0.560. The number of rotatable bonds is 6. The average molecular weight is 362 g/mol. The van der Waals surface area contributed by atoms with Crippen LogP contribution in [0.25, 0.3) is 21.7 Å². The maximum Gasteiger partial charge on any atom is 0.224 e. The summed E-state index contributed by atoms with van der Waals surface area (Å²) < 4.78 is 11.2. The van der Waals surface area contributed by atoms with Gasteiger partial charge in [-0.25, -0.2) is 0 Å². The lowest BCUT2D eigenvalue weighted by Gasteiger charge is -2.22. The summed E-state index contributed by atoms with van der Waals surface area (Å²) in [7, 11) is 3.93. The first kappa shape index (κ1) is 17.4. The lowest BCUT2D eigenvalue weighted by Crippen LogP contribution is -2.35. The first-order valence-electron chi connectivity index (χ1n) is 8.98. The van der Waals surface area contributed by atoms with Crippen molar-refractivity contribution in [1.29, 1.82) is 0 Å². The summed E-state index contributed by atoms with van der Waals surface area (Å²) in [5, 5.41) is 6.28. The smallest absolute Gasteiger partial charge is 0.224 e. The predicted molar refractivity (Wildman–Crippen MR) is 106 cm³/mol. The molecule has 0 fully saturated rings. The molecule has 0 saturated heterocycles. The van der Waals surface area contributed by atoms with Crippen LogP contribution in [-0.4, -0.2) is 31.4 Å². The first-order valence-corrected chi connectivity index (χ1v) is 8.98. The van der Waals surface area contributed by atoms with Gasteiger partial charge in [0, 0.05) is 17.5 Å². The monoisotopic (exact) mass is 362 g/mol. The number of fused-ring (bicyclic) bond motifs is 3. The Hall–Kier alpha value is -3.05. The molecule has 138 valence electrons. The molecule has 2 aromatic heterocycles. The number of hydrogen-bond acceptors (Lipinski definition) is 4. The van der Waals surface area contributed by atoms with Crippen LogP contribution in [0.4, 0.5) is 0 Å². The largest absolute Gasteiger partial charge is 0.468 e. The Morgan fingerprint density at radius 1 is 1.07 bits per heavy atom. The van der Waals surface area contributed by atoms with Gasteiger partial charge >= 0.3 is 0 Å². The molecule has 2 aromatic carbocycles. The highest BCUT2D eigenvalue weighted by Crippen LogP contribution is 2.30. The third kappa shape index (κ3) is 3.46. The molecule has 0 radical (unpaired) electrons. The fourth-order valence-electron chi connectivity index (χ4n) is 3.47. The van der Waals surface area contributed by atoms with Gasteiger partial charge in [-0.05, 0) is 43.1 Å². The molecule has 0 spiro atoms. The van der Waals surface area contributed by atoms with Crippen molar-refractivity contribution in [2.45, 2.75) is 12.5 Å². The van der Waals surface area contributed by atoms with E-state index in [0.29, 0.717) is 6.54 Å². The van der Waals surface area contributed by atoms with E-state index in [4.69, 9.17) is 8.83 Å². The van der Waals surface area contributed by atoms with E-state index >= 15 is 0 Å². The molecule has 4 rings (SSSR count). The van der Waals surface area contributed by atoms with Crippen molar-refractivity contribution < 1.29 is 13.6 Å². The van der Waals surface area contributed by atoms with E-state index < -0.39 is 0 Å². The van der Waals surface area contributed by atoms with Crippen molar-refractivity contribution in [3.8, 4) is 0 Å². The van der Waals surface area contributed by atoms with E-state index in [-0.39, 0.29) is 18.4 Å². The first-order chi connectivity index (χ1) is 13.1. The van der Waals surface area contributed by atoms with Crippen LogP contribution >= 0.6 is 0 Å². The van der Waals surface area contributed by atoms with Crippen LogP contribution in [0.1, 0.15) is 17.4 Å². The molecule has 1 unspecified atom stereocenters. The van der Waals surface area contributed by atoms with Crippen molar-refractivity contribution in [1.82, 2.24) is 10.2 Å². The van der Waals surface area contributed by atoms with Gasteiger partial charge in [-0.15, -0.1) is 0 Å². The molecule has 1 amide bonds. The van der Waals surface area contributed by atoms with Gasteiger partial charge in [0.25, 0.3) is 0 Å². The third-order valence-corrected chi connectivity index (χ3v) is 4.88. The van der Waals surface area contributed by atoms with Gasteiger partial charge in [0.2, 0.25) is 5.91 Å². The third-order valence-electron chi connectivity index (χ3n) is 4.88. The SMILES string of the molecule is CN(C)C(CNC(=O)Cc1coc2ccc3ccccc3c12)c1ccco1. The number of amides is 1. The van der Waals surface area contributed by atoms with Gasteiger partial charge in [-0.3, -0.25) is 9.69 Å². The van der Waals surface area contributed by atoms with Crippen molar-refractivity contribution in [3.05, 3.63) is 72.4 Å². The minimum atomic E-state index is -0.0379. The summed E-state index contributed by atoms with van der Waals surface area (Å²) in [6.07, 6.45) is 3.61. The summed E-state index contributed by atoms with van der Waals surface area (Å²) in [6, 6.07) is 15.9. The lowest BCUT2D eigenvalue weighted by atomic mass is 10.0. The summed E-state index contributed by atoms with van der Waals surface area (Å²) in [4.78, 5) is 14.6. The van der Waals surface area contributed by atoms with Crippen molar-refractivity contribution >= 4 is 27.6 Å². The van der Waals surface area contributed by atoms with Gasteiger partial charge in [-0.2, -0.15) is 0 Å². The van der Waals surface area contributed by atoms with Crippen LogP contribution in [0.2, 0.25) is 0 Å². The highest BCUT2D eigenvalue weighted by Gasteiger charge is 2.19. The molecule has 27 heavy (non-hydrogen) atoms. The van der Waals surface area contributed by atoms with Crippen LogP contribution in [0, 0.1) is 0 Å². The van der Waals surface area contributed by atoms with Gasteiger partial charge < -0.3 is 14.2 Å². The highest BCUT2D eigenvalue weighted by atomic mass is 16.3. The van der Waals surface area contributed by atoms with Crippen molar-refractivity contribution in [3.63, 3.8) is 0 Å². The highest BCUT2D eigenvalue weighted by molar-refractivity contribution is 6.08. The molecule has 0 saturated carbocycles. The average Bonchev–Trinajstić information content (AvgIpc) is 3.32. The van der Waals surface area contributed by atoms with E-state index in [0.717, 1.165) is 33.1 Å². The number of nitrogens with zero attached hydrogens (tertiary/aromatic N) is 1. The van der Waals surface area contributed by atoms with E-state index in [9.17, 15) is 4.79 Å². The van der Waals surface area contributed by atoms with Crippen LogP contribution in [0.15, 0.2) is 69.9 Å². The number of carbonyl (C=O) groups excluding carboxylic acids is 1. The molecule has 4 aromatic rings. The lowest BCUT2D eigenvalue weighted by molar-refractivity contribution is -0.120. The van der Waals surface area contributed by atoms with Crippen LogP contribution in [0.3, 0.4) is 0 Å². The Labute approximate surface area is 157 Å². The Morgan fingerprint density at radius 2 is 1.93 bits per heavy atom. The molecule has 1 N–H and O–H groups in total. The normalized spacial score (nSPS) is 12.7. The maximum absolute atomic E-state index is 12.6. The number of furan rings is 2. The van der Waals surface area contributed by atoms with E-state index in [1.54, 1.807) is 12.5 Å². The summed E-state index contributed by atoms with van der Waals surface area (Å²) in [5.74, 6) is 0.795. The zero-order chi connectivity index (χ0) is 18.8. The summed E-state index contributed by atoms with van der Waals surface area (Å²) in [6.45, 7) is 0.482. The van der Waals surface area contributed by atoms with Crippen LogP contribution in [0.5, 0.6) is 0 Å². The van der Waals surface area contributed by atoms with E-state index in [1.165, 1.54) is 0 Å². The van der Waals surface area contributed by atoms with E-state index in [2.05, 4.69) is 17.4 Å². The molecular formula is C22H22N2O3. The second kappa shape index (κ2) is 7.29. The molecule has 0 aliphatic heterocycles. The minimum absolute atomic E-state index is 0.00845. The standard InChI is InChI=1S/C22H22N2O3/c1-24(2)18(19-8-5-11-26-19)13-23-21(25)12-16-14-27-20-10-9-15-6-3-4-7-17(15)22(16)20/h3-11,14,18H,12-13H2,1-2H3,(H,23,25). The maximum atomic E-state index is 12.6. The van der Waals surface area contributed by atoms with Gasteiger partial charge in [0.05, 0.1) is 25.0 Å². The molecule has 0 aliphatic carbocycles. The second-order valence-corrected chi connectivity index (χ2v) is 6.90. The zero-order valence-electron chi connectivity index (χ0n) is 15.4. The molecular weight excluding hydrogens is 340 g/mol. The molecule has 0 aliphatic rings. The summed E-state index contributed by atoms with van der Waals surface area (Å²) >= 11 is 0. The second-order valence-electron chi connectivity index (χ2n) is 6.90. The molecule has 2 heterocycles. The Bertz CT molecular complexity index is 1060. The number of carbonyl (C=O) groups is 1. The number of hydrogen-bond donors (Lipinski definition) is 1.